The molecule has 0 saturated carbocycles. The number of ether oxygens (including phenoxy) is 1. The number of benzene rings is 1. The molecule has 2 aromatic heterocycles. The lowest BCUT2D eigenvalue weighted by Crippen LogP contribution is -2.30. The van der Waals surface area contributed by atoms with Gasteiger partial charge in [-0.25, -0.2) is 14.5 Å². The number of hydrogen-bond acceptors (Lipinski definition) is 6. The van der Waals surface area contributed by atoms with Crippen molar-refractivity contribution in [3.8, 4) is 5.82 Å². The normalized spacial score (nSPS) is 10.5. The molecular formula is C24H27N5O4. The maximum absolute atomic E-state index is 12.3. The second-order valence-electron chi connectivity index (χ2n) is 7.42. The van der Waals surface area contributed by atoms with Crippen molar-refractivity contribution in [2.24, 2.45) is 0 Å². The molecule has 1 aromatic carbocycles. The number of carbonyl (C=O) groups is 3. The van der Waals surface area contributed by atoms with Gasteiger partial charge in [0.1, 0.15) is 0 Å². The summed E-state index contributed by atoms with van der Waals surface area (Å²) in [5.74, 6) is -0.627. The Labute approximate surface area is 192 Å². The van der Waals surface area contributed by atoms with E-state index in [4.69, 9.17) is 4.74 Å². The summed E-state index contributed by atoms with van der Waals surface area (Å²) in [5.41, 5.74) is 3.07. The molecule has 0 atom stereocenters. The molecule has 9 heteroatoms. The molecule has 2 amide bonds. The van der Waals surface area contributed by atoms with Crippen molar-refractivity contribution < 1.29 is 19.1 Å². The Morgan fingerprint density at radius 2 is 1.67 bits per heavy atom. The van der Waals surface area contributed by atoms with E-state index >= 15 is 0 Å². The number of nitrogens with zero attached hydrogens (tertiary/aromatic N) is 4. The first-order chi connectivity index (χ1) is 15.8. The molecule has 0 aliphatic heterocycles. The zero-order valence-corrected chi connectivity index (χ0v) is 19.2. The Morgan fingerprint density at radius 3 is 2.21 bits per heavy atom. The molecule has 0 aliphatic rings. The highest BCUT2D eigenvalue weighted by Gasteiger charge is 2.14. The van der Waals surface area contributed by atoms with Crippen LogP contribution in [0.25, 0.3) is 5.82 Å². The second-order valence-corrected chi connectivity index (χ2v) is 7.42. The lowest BCUT2D eigenvalue weighted by molar-refractivity contribution is -0.119. The van der Waals surface area contributed by atoms with Crippen molar-refractivity contribution in [1.82, 2.24) is 19.7 Å². The van der Waals surface area contributed by atoms with Crippen LogP contribution in [0, 0.1) is 13.8 Å². The zero-order chi connectivity index (χ0) is 24.0. The van der Waals surface area contributed by atoms with E-state index in [2.05, 4.69) is 15.4 Å². The summed E-state index contributed by atoms with van der Waals surface area (Å²) in [7, 11) is 0. The van der Waals surface area contributed by atoms with Crippen LogP contribution in [0.2, 0.25) is 0 Å². The summed E-state index contributed by atoms with van der Waals surface area (Å²) >= 11 is 0. The summed E-state index contributed by atoms with van der Waals surface area (Å²) in [4.78, 5) is 42.7. The molecule has 33 heavy (non-hydrogen) atoms. The summed E-state index contributed by atoms with van der Waals surface area (Å²) in [5, 5.41) is 6.99. The van der Waals surface area contributed by atoms with Gasteiger partial charge in [-0.05, 0) is 70.2 Å². The van der Waals surface area contributed by atoms with Gasteiger partial charge in [0.25, 0.3) is 11.8 Å². The maximum atomic E-state index is 12.3. The predicted molar refractivity (Wildman–Crippen MR) is 123 cm³/mol. The van der Waals surface area contributed by atoms with Crippen LogP contribution in [-0.2, 0) is 9.53 Å². The van der Waals surface area contributed by atoms with Crippen LogP contribution in [0.4, 0.5) is 5.69 Å². The monoisotopic (exact) mass is 449 g/mol. The predicted octanol–water partition coefficient (Wildman–Crippen LogP) is 3.16. The van der Waals surface area contributed by atoms with E-state index in [9.17, 15) is 14.4 Å². The Kier molecular flexibility index (Phi) is 7.55. The minimum absolute atomic E-state index is 0.0655. The molecule has 0 unspecified atom stereocenters. The fourth-order valence-corrected chi connectivity index (χ4v) is 3.29. The van der Waals surface area contributed by atoms with Crippen molar-refractivity contribution in [3.05, 3.63) is 71.2 Å². The van der Waals surface area contributed by atoms with Crippen LogP contribution >= 0.6 is 0 Å². The lowest BCUT2D eigenvalue weighted by atomic mass is 10.2. The number of hydrogen-bond donors (Lipinski definition) is 1. The van der Waals surface area contributed by atoms with Crippen molar-refractivity contribution in [2.75, 3.05) is 25.0 Å². The van der Waals surface area contributed by atoms with Crippen molar-refractivity contribution in [1.29, 1.82) is 0 Å². The summed E-state index contributed by atoms with van der Waals surface area (Å²) in [6, 6.07) is 11.7. The number of aromatic nitrogens is 3. The van der Waals surface area contributed by atoms with Crippen LogP contribution in [-0.4, -0.2) is 57.1 Å². The smallest absolute Gasteiger partial charge is 0.340 e. The number of amides is 2. The third kappa shape index (κ3) is 5.82. The number of aryl methyl sites for hydroxylation is 2. The standard InChI is InChI=1S/C24H27N5O4/c1-5-28(6-2)23(31)18-7-10-20(11-8-18)26-22(30)15-33-24(32)19-9-12-21(25-14-19)29-17(4)13-16(3)27-29/h7-14H,5-6,15H2,1-4H3,(H,26,30). The van der Waals surface area contributed by atoms with E-state index in [1.54, 1.807) is 46.0 Å². The van der Waals surface area contributed by atoms with Crippen molar-refractivity contribution in [2.45, 2.75) is 27.7 Å². The second kappa shape index (κ2) is 10.5. The van der Waals surface area contributed by atoms with Gasteiger partial charge in [0, 0.05) is 36.2 Å². The third-order valence-corrected chi connectivity index (χ3v) is 5.01. The van der Waals surface area contributed by atoms with E-state index in [1.165, 1.54) is 6.20 Å². The SMILES string of the molecule is CCN(CC)C(=O)c1ccc(NC(=O)COC(=O)c2ccc(-n3nc(C)cc3C)nc2)cc1. The number of anilines is 1. The Hall–Kier alpha value is -4.01. The number of nitrogens with one attached hydrogen (secondary N) is 1. The highest BCUT2D eigenvalue weighted by molar-refractivity contribution is 5.97. The van der Waals surface area contributed by atoms with Crippen molar-refractivity contribution in [3.63, 3.8) is 0 Å². The number of esters is 1. The van der Waals surface area contributed by atoms with Crippen LogP contribution in [0.15, 0.2) is 48.7 Å². The molecule has 0 aliphatic carbocycles. The van der Waals surface area contributed by atoms with Crippen LogP contribution in [0.1, 0.15) is 46.0 Å². The topological polar surface area (TPSA) is 106 Å². The van der Waals surface area contributed by atoms with Gasteiger partial charge in [0.05, 0.1) is 11.3 Å². The quantitative estimate of drug-likeness (QED) is 0.530. The molecule has 3 rings (SSSR count). The number of pyridine rings is 1. The fraction of sp³-hybridized carbons (Fsp3) is 0.292. The van der Waals surface area contributed by atoms with Gasteiger partial charge >= 0.3 is 5.97 Å². The summed E-state index contributed by atoms with van der Waals surface area (Å²) in [6.07, 6.45) is 1.39. The van der Waals surface area contributed by atoms with Gasteiger partial charge in [0.15, 0.2) is 12.4 Å². The van der Waals surface area contributed by atoms with E-state index in [1.807, 2.05) is 33.8 Å². The van der Waals surface area contributed by atoms with Gasteiger partial charge in [-0.2, -0.15) is 5.10 Å². The van der Waals surface area contributed by atoms with Crippen LogP contribution in [0.3, 0.4) is 0 Å². The van der Waals surface area contributed by atoms with Crippen LogP contribution < -0.4 is 5.32 Å². The van der Waals surface area contributed by atoms with Crippen molar-refractivity contribution >= 4 is 23.5 Å². The molecule has 3 aromatic rings. The highest BCUT2D eigenvalue weighted by atomic mass is 16.5. The average molecular weight is 450 g/mol. The minimum atomic E-state index is -0.655. The molecule has 172 valence electrons. The fourth-order valence-electron chi connectivity index (χ4n) is 3.29. The molecule has 9 nitrogen and oxygen atoms in total. The van der Waals surface area contributed by atoms with Gasteiger partial charge in [-0.1, -0.05) is 0 Å². The van der Waals surface area contributed by atoms with Gasteiger partial charge in [-0.3, -0.25) is 9.59 Å². The molecule has 2 heterocycles. The molecule has 1 N–H and O–H groups in total. The number of carbonyl (C=O) groups excluding carboxylic acids is 3. The van der Waals surface area contributed by atoms with E-state index in [-0.39, 0.29) is 11.5 Å². The Bertz CT molecular complexity index is 1130. The first kappa shape index (κ1) is 23.6. The van der Waals surface area contributed by atoms with E-state index < -0.39 is 18.5 Å². The van der Waals surface area contributed by atoms with Crippen LogP contribution in [0.5, 0.6) is 0 Å². The van der Waals surface area contributed by atoms with Gasteiger partial charge in [0.2, 0.25) is 0 Å². The van der Waals surface area contributed by atoms with E-state index in [0.29, 0.717) is 30.2 Å². The Morgan fingerprint density at radius 1 is 1.00 bits per heavy atom. The average Bonchev–Trinajstić information content (AvgIpc) is 3.16. The summed E-state index contributed by atoms with van der Waals surface area (Å²) < 4.78 is 6.76. The third-order valence-electron chi connectivity index (χ3n) is 5.01. The van der Waals surface area contributed by atoms with Gasteiger partial charge in [-0.15, -0.1) is 0 Å². The molecule has 0 fully saturated rings. The zero-order valence-electron chi connectivity index (χ0n) is 19.2. The molecule has 0 radical (unpaired) electrons. The summed E-state index contributed by atoms with van der Waals surface area (Å²) in [6.45, 7) is 8.45. The lowest BCUT2D eigenvalue weighted by Gasteiger charge is -2.18. The molecular weight excluding hydrogens is 422 g/mol. The molecule has 0 bridgehead atoms. The Balaban J connectivity index is 1.53. The van der Waals surface area contributed by atoms with Gasteiger partial charge < -0.3 is 15.0 Å². The van der Waals surface area contributed by atoms with E-state index in [0.717, 1.165) is 11.4 Å². The largest absolute Gasteiger partial charge is 0.452 e. The first-order valence-electron chi connectivity index (χ1n) is 10.7. The molecule has 0 spiro atoms. The number of rotatable bonds is 8. The molecule has 0 saturated heterocycles. The maximum Gasteiger partial charge on any atom is 0.340 e. The minimum Gasteiger partial charge on any atom is -0.452 e. The first-order valence-corrected chi connectivity index (χ1v) is 10.7. The highest BCUT2D eigenvalue weighted by Crippen LogP contribution is 2.13.